The van der Waals surface area contributed by atoms with E-state index < -0.39 is 10.8 Å². The molecule has 0 saturated carbocycles. The summed E-state index contributed by atoms with van der Waals surface area (Å²) in [7, 11) is 3.04. The maximum absolute atomic E-state index is 11.8. The van der Waals surface area contributed by atoms with Crippen molar-refractivity contribution in [2.45, 2.75) is 24.6 Å². The molecule has 6 nitrogen and oxygen atoms in total. The summed E-state index contributed by atoms with van der Waals surface area (Å²) in [5.74, 6) is 0.358. The first-order valence-electron chi connectivity index (χ1n) is 8.53. The van der Waals surface area contributed by atoms with Gasteiger partial charge in [0.2, 0.25) is 11.8 Å². The maximum Gasteiger partial charge on any atom is 0.242 e. The number of nitrogens with one attached hydrogen (secondary N) is 2. The molecule has 8 heteroatoms. The van der Waals surface area contributed by atoms with Crippen LogP contribution in [0.5, 0.6) is 11.5 Å². The van der Waals surface area contributed by atoms with E-state index >= 15 is 0 Å². The number of benzene rings is 2. The third kappa shape index (κ3) is 5.30. The van der Waals surface area contributed by atoms with Gasteiger partial charge in [-0.25, -0.2) is 0 Å². The quantitative estimate of drug-likeness (QED) is 0.641. The van der Waals surface area contributed by atoms with E-state index in [1.807, 2.05) is 12.1 Å². The Labute approximate surface area is 174 Å². The molecule has 0 fully saturated rings. The van der Waals surface area contributed by atoms with Crippen molar-refractivity contribution in [3.8, 4) is 22.6 Å². The Morgan fingerprint density at radius 2 is 1.14 bits per heavy atom. The average Bonchev–Trinajstić information content (AvgIpc) is 2.68. The highest BCUT2D eigenvalue weighted by molar-refractivity contribution is 6.32. The molecule has 0 heterocycles. The van der Waals surface area contributed by atoms with E-state index in [1.54, 1.807) is 38.1 Å². The molecule has 2 N–H and O–H groups in total. The van der Waals surface area contributed by atoms with Crippen LogP contribution < -0.4 is 20.1 Å². The number of hydrogen-bond acceptors (Lipinski definition) is 4. The smallest absolute Gasteiger partial charge is 0.242 e. The van der Waals surface area contributed by atoms with Crippen LogP contribution in [-0.2, 0) is 9.59 Å². The third-order valence-electron chi connectivity index (χ3n) is 3.97. The van der Waals surface area contributed by atoms with Gasteiger partial charge in [0.25, 0.3) is 0 Å². The van der Waals surface area contributed by atoms with Crippen molar-refractivity contribution in [1.29, 1.82) is 0 Å². The standard InChI is InChI=1S/C20H22Cl2N2O4/c1-11(21)19(25)23-15-7-5-13(9-17(15)27-3)14-6-8-16(18(10-14)28-4)24-20(26)12(2)22/h5-12H,1-4H3,(H,23,25)(H,24,26). The van der Waals surface area contributed by atoms with Crippen LogP contribution in [0.25, 0.3) is 11.1 Å². The van der Waals surface area contributed by atoms with Crippen LogP contribution in [0.2, 0.25) is 0 Å². The van der Waals surface area contributed by atoms with Gasteiger partial charge in [-0.2, -0.15) is 0 Å². The van der Waals surface area contributed by atoms with Gasteiger partial charge in [0.05, 0.1) is 25.6 Å². The summed E-state index contributed by atoms with van der Waals surface area (Å²) in [6.07, 6.45) is 0. The van der Waals surface area contributed by atoms with Gasteiger partial charge in [-0.15, -0.1) is 23.2 Å². The number of alkyl halides is 2. The van der Waals surface area contributed by atoms with Crippen LogP contribution >= 0.6 is 23.2 Å². The van der Waals surface area contributed by atoms with Gasteiger partial charge in [-0.05, 0) is 49.2 Å². The molecule has 2 unspecified atom stereocenters. The lowest BCUT2D eigenvalue weighted by molar-refractivity contribution is -0.116. The number of carbonyl (C=O) groups is 2. The topological polar surface area (TPSA) is 76.7 Å². The Balaban J connectivity index is 2.34. The van der Waals surface area contributed by atoms with E-state index in [1.165, 1.54) is 14.2 Å². The van der Waals surface area contributed by atoms with Crippen molar-refractivity contribution >= 4 is 46.4 Å². The average molecular weight is 425 g/mol. The fourth-order valence-corrected chi connectivity index (χ4v) is 2.52. The lowest BCUT2D eigenvalue weighted by atomic mass is 10.0. The van der Waals surface area contributed by atoms with Crippen molar-refractivity contribution in [2.24, 2.45) is 0 Å². The number of methoxy groups -OCH3 is 2. The zero-order chi connectivity index (χ0) is 20.8. The Morgan fingerprint density at radius 1 is 0.786 bits per heavy atom. The summed E-state index contributed by atoms with van der Waals surface area (Å²) in [5.41, 5.74) is 2.73. The number of hydrogen-bond donors (Lipinski definition) is 2. The lowest BCUT2D eigenvalue weighted by Gasteiger charge is -2.15. The summed E-state index contributed by atoms with van der Waals surface area (Å²) in [4.78, 5) is 23.7. The molecule has 2 rings (SSSR count). The second-order valence-corrected chi connectivity index (χ2v) is 7.35. The minimum atomic E-state index is -0.660. The maximum atomic E-state index is 11.8. The molecule has 0 radical (unpaired) electrons. The first kappa shape index (κ1) is 21.9. The molecule has 2 atom stereocenters. The summed E-state index contributed by atoms with van der Waals surface area (Å²) < 4.78 is 10.8. The molecule has 2 aromatic carbocycles. The molecule has 2 aromatic rings. The number of ether oxygens (including phenoxy) is 2. The normalized spacial score (nSPS) is 12.6. The predicted octanol–water partition coefficient (Wildman–Crippen LogP) is 4.50. The fourth-order valence-electron chi connectivity index (χ4n) is 2.41. The predicted molar refractivity (Wildman–Crippen MR) is 113 cm³/mol. The molecule has 0 aliphatic rings. The van der Waals surface area contributed by atoms with E-state index in [2.05, 4.69) is 10.6 Å². The zero-order valence-electron chi connectivity index (χ0n) is 16.0. The molecule has 0 aliphatic carbocycles. The van der Waals surface area contributed by atoms with Gasteiger partial charge in [-0.1, -0.05) is 12.1 Å². The minimum Gasteiger partial charge on any atom is -0.495 e. The largest absolute Gasteiger partial charge is 0.495 e. The van der Waals surface area contributed by atoms with Gasteiger partial charge in [0, 0.05) is 0 Å². The van der Waals surface area contributed by atoms with Gasteiger partial charge in [0.1, 0.15) is 22.3 Å². The number of carbonyl (C=O) groups excluding carboxylic acids is 2. The molecule has 2 amide bonds. The molecule has 150 valence electrons. The molecule has 0 aliphatic heterocycles. The summed E-state index contributed by atoms with van der Waals surface area (Å²) in [5, 5.41) is 4.13. The highest BCUT2D eigenvalue weighted by Crippen LogP contribution is 2.35. The zero-order valence-corrected chi connectivity index (χ0v) is 17.5. The van der Waals surface area contributed by atoms with Crippen LogP contribution in [0.4, 0.5) is 11.4 Å². The van der Waals surface area contributed by atoms with Crippen LogP contribution in [0.15, 0.2) is 36.4 Å². The van der Waals surface area contributed by atoms with Crippen molar-refractivity contribution < 1.29 is 19.1 Å². The third-order valence-corrected chi connectivity index (χ3v) is 4.37. The van der Waals surface area contributed by atoms with E-state index in [-0.39, 0.29) is 11.8 Å². The molecule has 0 spiro atoms. The Morgan fingerprint density at radius 3 is 1.43 bits per heavy atom. The monoisotopic (exact) mass is 424 g/mol. The van der Waals surface area contributed by atoms with Gasteiger partial charge >= 0.3 is 0 Å². The number of anilines is 2. The summed E-state index contributed by atoms with van der Waals surface area (Å²) in [6, 6.07) is 10.7. The van der Waals surface area contributed by atoms with E-state index in [0.29, 0.717) is 22.9 Å². The molecule has 0 aromatic heterocycles. The highest BCUT2D eigenvalue weighted by Gasteiger charge is 2.15. The van der Waals surface area contributed by atoms with Crippen molar-refractivity contribution in [1.82, 2.24) is 0 Å². The molecule has 0 saturated heterocycles. The van der Waals surface area contributed by atoms with Crippen LogP contribution in [0.3, 0.4) is 0 Å². The Hall–Kier alpha value is -2.44. The van der Waals surface area contributed by atoms with E-state index in [0.717, 1.165) is 11.1 Å². The van der Waals surface area contributed by atoms with Crippen molar-refractivity contribution in [2.75, 3.05) is 24.9 Å². The molecular formula is C20H22Cl2N2O4. The van der Waals surface area contributed by atoms with Crippen LogP contribution in [0, 0.1) is 0 Å². The first-order valence-corrected chi connectivity index (χ1v) is 9.40. The lowest BCUT2D eigenvalue weighted by Crippen LogP contribution is -2.20. The number of amides is 2. The van der Waals surface area contributed by atoms with Crippen molar-refractivity contribution in [3.05, 3.63) is 36.4 Å². The van der Waals surface area contributed by atoms with Gasteiger partial charge in [-0.3, -0.25) is 9.59 Å². The Bertz CT molecular complexity index is 798. The van der Waals surface area contributed by atoms with Gasteiger partial charge < -0.3 is 20.1 Å². The van der Waals surface area contributed by atoms with E-state index in [4.69, 9.17) is 32.7 Å². The first-order chi connectivity index (χ1) is 13.3. The Kier molecular flexibility index (Phi) is 7.54. The van der Waals surface area contributed by atoms with Crippen molar-refractivity contribution in [3.63, 3.8) is 0 Å². The molecule has 0 bridgehead atoms. The van der Waals surface area contributed by atoms with Crippen LogP contribution in [0.1, 0.15) is 13.8 Å². The minimum absolute atomic E-state index is 0.317. The fraction of sp³-hybridized carbons (Fsp3) is 0.300. The van der Waals surface area contributed by atoms with E-state index in [9.17, 15) is 9.59 Å². The second kappa shape index (κ2) is 9.66. The molecule has 28 heavy (non-hydrogen) atoms. The second-order valence-electron chi connectivity index (χ2n) is 6.04. The molecular weight excluding hydrogens is 403 g/mol. The van der Waals surface area contributed by atoms with Crippen LogP contribution in [-0.4, -0.2) is 36.8 Å². The summed E-state index contributed by atoms with van der Waals surface area (Å²) >= 11 is 11.6. The summed E-state index contributed by atoms with van der Waals surface area (Å²) in [6.45, 7) is 3.19. The van der Waals surface area contributed by atoms with Gasteiger partial charge in [0.15, 0.2) is 0 Å². The SMILES string of the molecule is COc1cc(-c2ccc(NC(=O)C(C)Cl)c(OC)c2)ccc1NC(=O)C(C)Cl. The number of halogens is 2. The number of rotatable bonds is 7. The highest BCUT2D eigenvalue weighted by atomic mass is 35.5.